The number of esters is 1. The van der Waals surface area contributed by atoms with Gasteiger partial charge in [-0.1, -0.05) is 13.8 Å². The van der Waals surface area contributed by atoms with Gasteiger partial charge in [0.05, 0.1) is 13.2 Å². The first-order valence-electron chi connectivity index (χ1n) is 14.2. The van der Waals surface area contributed by atoms with Gasteiger partial charge in [-0.05, 0) is 86.9 Å². The molecule has 10 nitrogen and oxygen atoms in total. The molecule has 38 heavy (non-hydrogen) atoms. The number of ketones is 1. The Morgan fingerprint density at radius 3 is 2.32 bits per heavy atom. The van der Waals surface area contributed by atoms with Crippen LogP contribution in [-0.2, 0) is 23.8 Å². The lowest BCUT2D eigenvalue weighted by Gasteiger charge is -2.61. The molecule has 5 fully saturated rings. The van der Waals surface area contributed by atoms with Crippen molar-refractivity contribution in [1.29, 1.82) is 0 Å². The van der Waals surface area contributed by atoms with Crippen LogP contribution >= 0.6 is 0 Å². The van der Waals surface area contributed by atoms with E-state index in [1.54, 1.807) is 0 Å². The third kappa shape index (κ3) is 4.17. The largest absolute Gasteiger partial charge is 0.467 e. The van der Waals surface area contributed by atoms with Gasteiger partial charge >= 0.3 is 5.97 Å². The Morgan fingerprint density at radius 1 is 0.895 bits per heavy atom. The minimum atomic E-state index is -1.74. The molecular formula is C28H44O10. The summed E-state index contributed by atoms with van der Waals surface area (Å²) in [5.41, 5.74) is -2.02. The molecule has 5 rings (SSSR count). The van der Waals surface area contributed by atoms with E-state index in [0.29, 0.717) is 24.2 Å². The summed E-state index contributed by atoms with van der Waals surface area (Å²) in [7, 11) is 1.10. The van der Waals surface area contributed by atoms with E-state index in [1.807, 2.05) is 6.92 Å². The van der Waals surface area contributed by atoms with Crippen LogP contribution in [0.2, 0.25) is 0 Å². The SMILES string of the molecule is COC(=O)[C@@H]1O[C@H](OCC(=O)[C@]2(O)CC[C@@H]3[C@H]4CC[C@H]5C[C@@H](O)CC[C@]5(C)[C@@H]4CC[C@@]32C)[C@H](O)[C@H](O)[C@H]1O. The quantitative estimate of drug-likeness (QED) is 0.314. The summed E-state index contributed by atoms with van der Waals surface area (Å²) in [6.07, 6.45) is -0.873. The van der Waals surface area contributed by atoms with Crippen LogP contribution in [0, 0.1) is 34.5 Å². The van der Waals surface area contributed by atoms with Gasteiger partial charge in [-0.2, -0.15) is 0 Å². The molecule has 1 heterocycles. The van der Waals surface area contributed by atoms with Gasteiger partial charge in [-0.25, -0.2) is 4.79 Å². The van der Waals surface area contributed by atoms with Crippen LogP contribution in [-0.4, -0.2) is 93.4 Å². The van der Waals surface area contributed by atoms with Crippen LogP contribution in [0.1, 0.15) is 71.6 Å². The molecule has 5 aliphatic rings. The van der Waals surface area contributed by atoms with Gasteiger partial charge in [0, 0.05) is 5.41 Å². The molecule has 5 N–H and O–H groups in total. The van der Waals surface area contributed by atoms with E-state index in [-0.39, 0.29) is 17.4 Å². The van der Waals surface area contributed by atoms with Crippen molar-refractivity contribution in [2.24, 2.45) is 34.5 Å². The van der Waals surface area contributed by atoms with Gasteiger partial charge in [0.1, 0.15) is 30.5 Å². The molecule has 0 radical (unpaired) electrons. The number of ether oxygens (including phenoxy) is 3. The number of hydrogen-bond acceptors (Lipinski definition) is 10. The van der Waals surface area contributed by atoms with Crippen molar-refractivity contribution in [3.05, 3.63) is 0 Å². The maximum absolute atomic E-state index is 13.5. The maximum Gasteiger partial charge on any atom is 0.337 e. The van der Waals surface area contributed by atoms with Gasteiger partial charge in [-0.3, -0.25) is 4.79 Å². The Labute approximate surface area is 223 Å². The molecule has 0 aromatic rings. The van der Waals surface area contributed by atoms with Crippen molar-refractivity contribution in [3.8, 4) is 0 Å². The van der Waals surface area contributed by atoms with E-state index in [4.69, 9.17) is 9.47 Å². The van der Waals surface area contributed by atoms with Crippen LogP contribution in [0.15, 0.2) is 0 Å². The minimum absolute atomic E-state index is 0.188. The molecular weight excluding hydrogens is 496 g/mol. The molecule has 0 aromatic heterocycles. The summed E-state index contributed by atoms with van der Waals surface area (Å²) < 4.78 is 15.4. The number of carbonyl (C=O) groups is 2. The van der Waals surface area contributed by atoms with E-state index in [9.17, 15) is 35.1 Å². The molecule has 4 aliphatic carbocycles. The molecule has 0 spiro atoms. The third-order valence-corrected chi connectivity index (χ3v) is 11.6. The normalized spacial score (nSPS) is 52.4. The van der Waals surface area contributed by atoms with Crippen LogP contribution in [0.5, 0.6) is 0 Å². The number of rotatable bonds is 5. The minimum Gasteiger partial charge on any atom is -0.467 e. The maximum atomic E-state index is 13.5. The summed E-state index contributed by atoms with van der Waals surface area (Å²) in [4.78, 5) is 25.5. The second-order valence-corrected chi connectivity index (χ2v) is 13.1. The fourth-order valence-corrected chi connectivity index (χ4v) is 9.28. The molecule has 216 valence electrons. The zero-order valence-corrected chi connectivity index (χ0v) is 22.6. The Bertz CT molecular complexity index is 927. The number of carbonyl (C=O) groups excluding carboxylic acids is 2. The summed E-state index contributed by atoms with van der Waals surface area (Å²) >= 11 is 0. The van der Waals surface area contributed by atoms with Crippen molar-refractivity contribution in [2.75, 3.05) is 13.7 Å². The van der Waals surface area contributed by atoms with E-state index in [1.165, 1.54) is 0 Å². The lowest BCUT2D eigenvalue weighted by Crippen LogP contribution is -2.61. The Hall–Kier alpha value is -1.14. The third-order valence-electron chi connectivity index (χ3n) is 11.6. The molecule has 13 atom stereocenters. The first kappa shape index (κ1) is 28.4. The van der Waals surface area contributed by atoms with Crippen LogP contribution in [0.3, 0.4) is 0 Å². The average molecular weight is 541 g/mol. The van der Waals surface area contributed by atoms with Gasteiger partial charge < -0.3 is 39.7 Å². The zero-order chi connectivity index (χ0) is 27.6. The number of aliphatic hydroxyl groups excluding tert-OH is 4. The summed E-state index contributed by atoms with van der Waals surface area (Å²) in [6, 6.07) is 0. The Balaban J connectivity index is 1.28. The van der Waals surface area contributed by atoms with Crippen molar-refractivity contribution < 1.29 is 49.3 Å². The number of hydrogen-bond donors (Lipinski definition) is 5. The summed E-state index contributed by atoms with van der Waals surface area (Å²) in [6.45, 7) is 3.85. The van der Waals surface area contributed by atoms with Crippen molar-refractivity contribution in [3.63, 3.8) is 0 Å². The number of Topliss-reactive ketones (excluding diaryl/α,β-unsaturated/α-hetero) is 1. The second kappa shape index (κ2) is 10.0. The lowest BCUT2D eigenvalue weighted by molar-refractivity contribution is -0.293. The molecule has 0 unspecified atom stereocenters. The predicted octanol–water partition coefficient (Wildman–Crippen LogP) is 0.687. The van der Waals surface area contributed by atoms with Gasteiger partial charge in [0.25, 0.3) is 0 Å². The average Bonchev–Trinajstić information content (AvgIpc) is 3.18. The topological polar surface area (TPSA) is 163 Å². The predicted molar refractivity (Wildman–Crippen MR) is 132 cm³/mol. The second-order valence-electron chi connectivity index (χ2n) is 13.1. The molecule has 0 aromatic carbocycles. The Kier molecular flexibility index (Phi) is 7.51. The molecule has 4 saturated carbocycles. The fraction of sp³-hybridized carbons (Fsp3) is 0.929. The van der Waals surface area contributed by atoms with Crippen LogP contribution in [0.25, 0.3) is 0 Å². The van der Waals surface area contributed by atoms with E-state index in [0.717, 1.165) is 58.5 Å². The highest BCUT2D eigenvalue weighted by Gasteiger charge is 2.66. The standard InChI is InChI=1S/C28H44O10/c1-26-9-6-15(29)12-14(26)4-5-16-17(26)7-10-27(2)18(16)8-11-28(27,35)19(30)13-37-25-22(33)20(31)21(32)23(38-25)24(34)36-3/h14-18,20-23,25,29,31-33,35H,4-13H2,1-3H3/t14-,15-,16-,17+,18+,20+,21+,22+,23+,25-,26-,27-,28+/m0/s1. The van der Waals surface area contributed by atoms with E-state index >= 15 is 0 Å². The Morgan fingerprint density at radius 2 is 1.61 bits per heavy atom. The van der Waals surface area contributed by atoms with Crippen molar-refractivity contribution >= 4 is 11.8 Å². The summed E-state index contributed by atoms with van der Waals surface area (Å²) in [5, 5.41) is 52.7. The molecule has 1 aliphatic heterocycles. The fourth-order valence-electron chi connectivity index (χ4n) is 9.28. The van der Waals surface area contributed by atoms with Crippen molar-refractivity contribution in [1.82, 2.24) is 0 Å². The molecule has 1 saturated heterocycles. The first-order chi connectivity index (χ1) is 17.9. The monoisotopic (exact) mass is 540 g/mol. The lowest BCUT2D eigenvalue weighted by atomic mass is 9.44. The van der Waals surface area contributed by atoms with Crippen LogP contribution in [0.4, 0.5) is 0 Å². The van der Waals surface area contributed by atoms with Crippen molar-refractivity contribution in [2.45, 2.75) is 114 Å². The highest BCUT2D eigenvalue weighted by molar-refractivity contribution is 5.89. The number of fused-ring (bicyclic) bond motifs is 5. The van der Waals surface area contributed by atoms with Crippen LogP contribution < -0.4 is 0 Å². The van der Waals surface area contributed by atoms with E-state index in [2.05, 4.69) is 11.7 Å². The van der Waals surface area contributed by atoms with E-state index < -0.39 is 60.1 Å². The molecule has 0 amide bonds. The smallest absolute Gasteiger partial charge is 0.337 e. The summed E-state index contributed by atoms with van der Waals surface area (Å²) in [5.74, 6) is 0.227. The molecule has 0 bridgehead atoms. The highest BCUT2D eigenvalue weighted by atomic mass is 16.7. The number of aliphatic hydroxyl groups is 5. The number of methoxy groups -OCH3 is 1. The first-order valence-corrected chi connectivity index (χ1v) is 14.2. The van der Waals surface area contributed by atoms with Gasteiger partial charge in [0.2, 0.25) is 0 Å². The van der Waals surface area contributed by atoms with Gasteiger partial charge in [-0.15, -0.1) is 0 Å². The molecule has 10 heteroatoms. The van der Waals surface area contributed by atoms with Gasteiger partial charge in [0.15, 0.2) is 18.2 Å². The highest BCUT2D eigenvalue weighted by Crippen LogP contribution is 2.68. The zero-order valence-electron chi connectivity index (χ0n) is 22.6.